The third kappa shape index (κ3) is 14.7. The molecule has 0 aliphatic heterocycles. The van der Waals surface area contributed by atoms with Gasteiger partial charge in [0.05, 0.1) is 12.2 Å². The highest BCUT2D eigenvalue weighted by Crippen LogP contribution is 2.42. The van der Waals surface area contributed by atoms with Crippen molar-refractivity contribution in [1.82, 2.24) is 0 Å². The fourth-order valence-corrected chi connectivity index (χ4v) is 10.8. The largest absolute Gasteiger partial charge is 0.378 e. The lowest BCUT2D eigenvalue weighted by molar-refractivity contribution is 0.00427. The van der Waals surface area contributed by atoms with Crippen molar-refractivity contribution in [3.63, 3.8) is 0 Å². The summed E-state index contributed by atoms with van der Waals surface area (Å²) in [6, 6.07) is 5.79. The maximum absolute atomic E-state index is 14.2. The van der Waals surface area contributed by atoms with E-state index < -0.39 is 0 Å². The third-order valence-corrected chi connectivity index (χ3v) is 14.7. The molecule has 3 heteroatoms. The summed E-state index contributed by atoms with van der Waals surface area (Å²) in [4.78, 5) is 0. The molecule has 0 radical (unpaired) electrons. The maximum atomic E-state index is 14.2. The highest BCUT2D eigenvalue weighted by Gasteiger charge is 2.30. The van der Waals surface area contributed by atoms with Gasteiger partial charge in [-0.25, -0.2) is 4.39 Å². The van der Waals surface area contributed by atoms with Crippen molar-refractivity contribution in [3.8, 4) is 0 Å². The van der Waals surface area contributed by atoms with Crippen LogP contribution in [-0.2, 0) is 9.47 Å². The van der Waals surface area contributed by atoms with Crippen LogP contribution in [0.15, 0.2) is 18.2 Å². The maximum Gasteiger partial charge on any atom is 0.126 e. The van der Waals surface area contributed by atoms with Crippen molar-refractivity contribution in [1.29, 1.82) is 0 Å². The fraction of sp³-hybridized carbons (Fsp3) is 0.875. The Morgan fingerprint density at radius 1 is 0.510 bits per heavy atom. The van der Waals surface area contributed by atoms with E-state index in [0.717, 1.165) is 65.8 Å². The summed E-state index contributed by atoms with van der Waals surface area (Å²) in [6.07, 6.45) is 36.7. The van der Waals surface area contributed by atoms with Gasteiger partial charge >= 0.3 is 0 Å². The van der Waals surface area contributed by atoms with E-state index in [4.69, 9.17) is 9.47 Å². The van der Waals surface area contributed by atoms with Gasteiger partial charge in [0, 0.05) is 13.2 Å². The van der Waals surface area contributed by atoms with E-state index in [2.05, 4.69) is 26.8 Å². The van der Waals surface area contributed by atoms with E-state index in [-0.39, 0.29) is 5.82 Å². The van der Waals surface area contributed by atoms with E-state index >= 15 is 0 Å². The zero-order valence-electron chi connectivity index (χ0n) is 34.0. The van der Waals surface area contributed by atoms with Crippen LogP contribution in [0, 0.1) is 54.2 Å². The van der Waals surface area contributed by atoms with Crippen molar-refractivity contribution in [2.45, 2.75) is 213 Å². The summed E-state index contributed by atoms with van der Waals surface area (Å²) in [5.74, 6) is 7.30. The number of aryl methyl sites for hydroxylation is 1. The molecule has 5 aliphatic carbocycles. The molecular formula is C48H81FO2. The first-order valence-corrected chi connectivity index (χ1v) is 22.8. The highest BCUT2D eigenvalue weighted by molar-refractivity contribution is 5.26. The first kappa shape index (κ1) is 41.2. The Balaban J connectivity index is 0.000000201. The van der Waals surface area contributed by atoms with Crippen LogP contribution in [0.4, 0.5) is 4.39 Å². The van der Waals surface area contributed by atoms with Crippen LogP contribution in [0.25, 0.3) is 0 Å². The van der Waals surface area contributed by atoms with Crippen LogP contribution >= 0.6 is 0 Å². The summed E-state index contributed by atoms with van der Waals surface area (Å²) in [6.45, 7) is 11.1. The van der Waals surface area contributed by atoms with Gasteiger partial charge in [0.15, 0.2) is 0 Å². The van der Waals surface area contributed by atoms with Gasteiger partial charge in [-0.3, -0.25) is 0 Å². The molecule has 0 aromatic heterocycles. The quantitative estimate of drug-likeness (QED) is 0.179. The monoisotopic (exact) mass is 709 g/mol. The summed E-state index contributed by atoms with van der Waals surface area (Å²) < 4.78 is 26.4. The van der Waals surface area contributed by atoms with Gasteiger partial charge in [0.25, 0.3) is 0 Å². The standard InChI is InChI=1S/C26H48O2.C22H33F/c1-21-7-11-23(12-8-21)24-13-17-26(18-14-24)28-20-6-4-3-5-19-27-25-15-9-22(2)10-16-25;1-16-3-6-18(7-4-16)8-9-19-10-12-20(13-11-19)21-14-5-17(2)15-22(21)23/h21-26H,3-20H2,1-2H3;5,14-16,18-20H,3-4,6-13H2,1-2H3. The number of unbranched alkanes of at least 4 members (excludes halogenated alkanes) is 3. The molecule has 6 rings (SSSR count). The molecule has 1 aromatic rings. The SMILES string of the molecule is CC1CCC(OCCCCCCOC2CCC(C3CCC(C)CC3)CC2)CC1.Cc1ccc(C2CCC(CCC3CCC(C)CC3)CC2)c(F)c1. The molecule has 51 heavy (non-hydrogen) atoms. The molecule has 5 saturated carbocycles. The summed E-state index contributed by atoms with van der Waals surface area (Å²) >= 11 is 0. The molecule has 2 nitrogen and oxygen atoms in total. The molecule has 0 saturated heterocycles. The number of benzene rings is 1. The molecule has 5 aliphatic rings. The van der Waals surface area contributed by atoms with Gasteiger partial charge in [0.1, 0.15) is 5.82 Å². The summed E-state index contributed by atoms with van der Waals surface area (Å²) in [5, 5.41) is 0. The highest BCUT2D eigenvalue weighted by atomic mass is 19.1. The van der Waals surface area contributed by atoms with Crippen molar-refractivity contribution in [2.75, 3.05) is 13.2 Å². The minimum atomic E-state index is 0.0183. The Hall–Kier alpha value is -0.930. The lowest BCUT2D eigenvalue weighted by atomic mass is 9.71. The lowest BCUT2D eigenvalue weighted by Gasteiger charge is -2.37. The van der Waals surface area contributed by atoms with E-state index in [1.54, 1.807) is 6.07 Å². The molecule has 1 aromatic carbocycles. The summed E-state index contributed by atoms with van der Waals surface area (Å²) in [7, 11) is 0. The molecule has 0 amide bonds. The number of hydrogen-bond donors (Lipinski definition) is 0. The Labute approximate surface area is 315 Å². The molecule has 292 valence electrons. The van der Waals surface area contributed by atoms with Crippen LogP contribution < -0.4 is 0 Å². The third-order valence-electron chi connectivity index (χ3n) is 14.7. The second kappa shape index (κ2) is 22.4. The first-order valence-electron chi connectivity index (χ1n) is 22.8. The zero-order valence-corrected chi connectivity index (χ0v) is 34.0. The second-order valence-corrected chi connectivity index (χ2v) is 19.0. The molecule has 0 bridgehead atoms. The molecule has 0 atom stereocenters. The first-order chi connectivity index (χ1) is 24.8. The predicted octanol–water partition coefficient (Wildman–Crippen LogP) is 14.6. The fourth-order valence-electron chi connectivity index (χ4n) is 10.8. The van der Waals surface area contributed by atoms with E-state index in [9.17, 15) is 4.39 Å². The molecule has 0 heterocycles. The minimum absolute atomic E-state index is 0.0183. The van der Waals surface area contributed by atoms with Crippen LogP contribution in [0.2, 0.25) is 0 Å². The van der Waals surface area contributed by atoms with Gasteiger partial charge in [0.2, 0.25) is 0 Å². The smallest absolute Gasteiger partial charge is 0.126 e. The number of hydrogen-bond acceptors (Lipinski definition) is 2. The van der Waals surface area contributed by atoms with Crippen molar-refractivity contribution in [2.24, 2.45) is 41.4 Å². The second-order valence-electron chi connectivity index (χ2n) is 19.0. The Kier molecular flexibility index (Phi) is 18.2. The summed E-state index contributed by atoms with van der Waals surface area (Å²) in [5.41, 5.74) is 2.00. The average molecular weight is 709 g/mol. The molecule has 5 fully saturated rings. The van der Waals surface area contributed by atoms with Crippen LogP contribution in [-0.4, -0.2) is 25.4 Å². The van der Waals surface area contributed by atoms with Crippen molar-refractivity contribution >= 4 is 0 Å². The molecule has 0 spiro atoms. The van der Waals surface area contributed by atoms with E-state index in [0.29, 0.717) is 18.1 Å². The Morgan fingerprint density at radius 3 is 1.41 bits per heavy atom. The number of ether oxygens (including phenoxy) is 2. The normalized spacial score (nSPS) is 34.8. The van der Waals surface area contributed by atoms with Crippen LogP contribution in [0.3, 0.4) is 0 Å². The molecule has 0 N–H and O–H groups in total. The zero-order chi connectivity index (χ0) is 35.8. The van der Waals surface area contributed by atoms with Gasteiger partial charge in [-0.15, -0.1) is 0 Å². The Bertz CT molecular complexity index is 1050. The lowest BCUT2D eigenvalue weighted by Crippen LogP contribution is -2.28. The van der Waals surface area contributed by atoms with Gasteiger partial charge < -0.3 is 9.47 Å². The van der Waals surface area contributed by atoms with Crippen LogP contribution in [0.1, 0.15) is 205 Å². The van der Waals surface area contributed by atoms with Crippen LogP contribution in [0.5, 0.6) is 0 Å². The Morgan fingerprint density at radius 2 is 0.922 bits per heavy atom. The number of halogens is 1. The van der Waals surface area contributed by atoms with E-state index in [1.165, 1.54) is 167 Å². The minimum Gasteiger partial charge on any atom is -0.378 e. The average Bonchev–Trinajstić information content (AvgIpc) is 3.14. The molecule has 0 unspecified atom stereocenters. The van der Waals surface area contributed by atoms with Crippen molar-refractivity contribution < 1.29 is 13.9 Å². The van der Waals surface area contributed by atoms with Gasteiger partial charge in [-0.2, -0.15) is 0 Å². The van der Waals surface area contributed by atoms with Gasteiger partial charge in [-0.1, -0.05) is 97.1 Å². The predicted molar refractivity (Wildman–Crippen MR) is 215 cm³/mol. The van der Waals surface area contributed by atoms with Crippen molar-refractivity contribution in [3.05, 3.63) is 35.1 Å². The topological polar surface area (TPSA) is 18.5 Å². The number of rotatable bonds is 14. The van der Waals surface area contributed by atoms with Gasteiger partial charge in [-0.05, 0) is 174 Å². The molecular weight excluding hydrogens is 628 g/mol. The van der Waals surface area contributed by atoms with E-state index in [1.807, 2.05) is 13.0 Å².